The third kappa shape index (κ3) is 4.90. The quantitative estimate of drug-likeness (QED) is 0.454. The molecule has 0 bridgehead atoms. The summed E-state index contributed by atoms with van der Waals surface area (Å²) < 4.78 is 0. The smallest absolute Gasteiger partial charge is 0.319 e. The molecule has 2 unspecified atom stereocenters. The standard InChI is InChI=1S/C11H16N4O4/c1-7(16)10(12)6-13-11(17)14-8-2-4-9(5-3-8)15(18)19/h2-5,7,10,16H,6,12H2,1H3,(H2,13,14,17). The van der Waals surface area contributed by atoms with Gasteiger partial charge >= 0.3 is 6.03 Å². The van der Waals surface area contributed by atoms with Gasteiger partial charge in [-0.2, -0.15) is 0 Å². The Labute approximate surface area is 109 Å². The highest BCUT2D eigenvalue weighted by atomic mass is 16.6. The molecule has 8 heteroatoms. The fraction of sp³-hybridized carbons (Fsp3) is 0.364. The van der Waals surface area contributed by atoms with Crippen molar-refractivity contribution in [3.63, 3.8) is 0 Å². The van der Waals surface area contributed by atoms with E-state index in [1.54, 1.807) is 0 Å². The Morgan fingerprint density at radius 2 is 2.05 bits per heavy atom. The van der Waals surface area contributed by atoms with Gasteiger partial charge in [-0.3, -0.25) is 10.1 Å². The second kappa shape index (κ2) is 6.66. The molecular formula is C11H16N4O4. The number of anilines is 1. The summed E-state index contributed by atoms with van der Waals surface area (Å²) in [5, 5.41) is 24.6. The van der Waals surface area contributed by atoms with Gasteiger partial charge in [0.1, 0.15) is 0 Å². The van der Waals surface area contributed by atoms with Gasteiger partial charge in [0.2, 0.25) is 0 Å². The second-order valence-electron chi connectivity index (χ2n) is 4.04. The highest BCUT2D eigenvalue weighted by molar-refractivity contribution is 5.89. The average Bonchev–Trinajstić information content (AvgIpc) is 2.36. The first kappa shape index (κ1) is 14.9. The van der Waals surface area contributed by atoms with Crippen LogP contribution in [0.2, 0.25) is 0 Å². The first-order valence-corrected chi connectivity index (χ1v) is 5.63. The Morgan fingerprint density at radius 1 is 1.47 bits per heavy atom. The Kier molecular flexibility index (Phi) is 5.22. The summed E-state index contributed by atoms with van der Waals surface area (Å²) >= 11 is 0. The molecule has 104 valence electrons. The van der Waals surface area contributed by atoms with E-state index < -0.39 is 23.1 Å². The minimum Gasteiger partial charge on any atom is -0.392 e. The van der Waals surface area contributed by atoms with E-state index in [0.29, 0.717) is 5.69 Å². The number of hydrogen-bond acceptors (Lipinski definition) is 5. The number of nitrogens with two attached hydrogens (primary N) is 1. The van der Waals surface area contributed by atoms with Crippen LogP contribution in [0.3, 0.4) is 0 Å². The van der Waals surface area contributed by atoms with E-state index in [0.717, 1.165) is 0 Å². The van der Waals surface area contributed by atoms with Gasteiger partial charge in [-0.05, 0) is 19.1 Å². The van der Waals surface area contributed by atoms with Crippen molar-refractivity contribution < 1.29 is 14.8 Å². The molecule has 0 aliphatic heterocycles. The number of rotatable bonds is 5. The number of benzene rings is 1. The number of nitrogens with one attached hydrogen (secondary N) is 2. The van der Waals surface area contributed by atoms with Gasteiger partial charge in [-0.15, -0.1) is 0 Å². The number of nitro groups is 1. The van der Waals surface area contributed by atoms with Crippen molar-refractivity contribution in [2.45, 2.75) is 19.1 Å². The van der Waals surface area contributed by atoms with E-state index in [9.17, 15) is 14.9 Å². The van der Waals surface area contributed by atoms with Crippen LogP contribution in [-0.4, -0.2) is 34.8 Å². The lowest BCUT2D eigenvalue weighted by Gasteiger charge is -2.15. The van der Waals surface area contributed by atoms with E-state index in [-0.39, 0.29) is 12.2 Å². The lowest BCUT2D eigenvalue weighted by molar-refractivity contribution is -0.384. The molecule has 0 heterocycles. The van der Waals surface area contributed by atoms with Crippen LogP contribution in [0.15, 0.2) is 24.3 Å². The van der Waals surface area contributed by atoms with Crippen molar-refractivity contribution in [3.8, 4) is 0 Å². The molecule has 5 N–H and O–H groups in total. The maximum absolute atomic E-state index is 11.5. The molecule has 0 aliphatic rings. The molecule has 0 spiro atoms. The fourth-order valence-electron chi connectivity index (χ4n) is 1.22. The number of aliphatic hydroxyl groups excluding tert-OH is 1. The largest absolute Gasteiger partial charge is 0.392 e. The molecule has 1 aromatic carbocycles. The zero-order chi connectivity index (χ0) is 14.4. The normalized spacial score (nSPS) is 13.4. The van der Waals surface area contributed by atoms with Gasteiger partial charge in [0.15, 0.2) is 0 Å². The zero-order valence-electron chi connectivity index (χ0n) is 10.4. The second-order valence-corrected chi connectivity index (χ2v) is 4.04. The third-order valence-electron chi connectivity index (χ3n) is 2.45. The predicted molar refractivity (Wildman–Crippen MR) is 69.8 cm³/mol. The molecule has 8 nitrogen and oxygen atoms in total. The maximum Gasteiger partial charge on any atom is 0.319 e. The molecule has 0 aromatic heterocycles. The summed E-state index contributed by atoms with van der Waals surface area (Å²) in [6, 6.07) is 4.37. The summed E-state index contributed by atoms with van der Waals surface area (Å²) in [6.07, 6.45) is -0.723. The number of carbonyl (C=O) groups is 1. The van der Waals surface area contributed by atoms with Crippen molar-refractivity contribution in [3.05, 3.63) is 34.4 Å². The minimum absolute atomic E-state index is 0.0536. The Bertz CT molecular complexity index is 447. The van der Waals surface area contributed by atoms with Crippen LogP contribution in [0.4, 0.5) is 16.2 Å². The predicted octanol–water partition coefficient (Wildman–Crippen LogP) is 0.424. The molecule has 1 aromatic rings. The first-order valence-electron chi connectivity index (χ1n) is 5.63. The maximum atomic E-state index is 11.5. The Morgan fingerprint density at radius 3 is 2.53 bits per heavy atom. The Balaban J connectivity index is 2.46. The van der Waals surface area contributed by atoms with Crippen molar-refractivity contribution >= 4 is 17.4 Å². The molecule has 0 saturated carbocycles. The van der Waals surface area contributed by atoms with Crippen molar-refractivity contribution in [1.29, 1.82) is 0 Å². The van der Waals surface area contributed by atoms with Gasteiger partial charge in [0.05, 0.1) is 11.0 Å². The molecule has 2 amide bonds. The molecule has 1 rings (SSSR count). The summed E-state index contributed by atoms with van der Waals surface area (Å²) in [7, 11) is 0. The van der Waals surface area contributed by atoms with Crippen molar-refractivity contribution in [1.82, 2.24) is 5.32 Å². The molecule has 19 heavy (non-hydrogen) atoms. The van der Waals surface area contributed by atoms with E-state index in [2.05, 4.69) is 10.6 Å². The van der Waals surface area contributed by atoms with Crippen LogP contribution in [0.25, 0.3) is 0 Å². The first-order chi connectivity index (χ1) is 8.90. The summed E-state index contributed by atoms with van der Waals surface area (Å²) in [4.78, 5) is 21.4. The van der Waals surface area contributed by atoms with Crippen LogP contribution >= 0.6 is 0 Å². The number of amides is 2. The van der Waals surface area contributed by atoms with Gasteiger partial charge in [-0.25, -0.2) is 4.79 Å². The topological polar surface area (TPSA) is 131 Å². The Hall–Kier alpha value is -2.19. The lowest BCUT2D eigenvalue weighted by Crippen LogP contribution is -2.44. The highest BCUT2D eigenvalue weighted by Gasteiger charge is 2.11. The molecule has 0 saturated heterocycles. The number of aliphatic hydroxyl groups is 1. The molecule has 0 fully saturated rings. The number of hydrogen-bond donors (Lipinski definition) is 4. The monoisotopic (exact) mass is 268 g/mol. The van der Waals surface area contributed by atoms with Crippen LogP contribution in [0, 0.1) is 10.1 Å². The molecular weight excluding hydrogens is 252 g/mol. The van der Waals surface area contributed by atoms with E-state index in [1.165, 1.54) is 31.2 Å². The zero-order valence-corrected chi connectivity index (χ0v) is 10.4. The van der Waals surface area contributed by atoms with Crippen LogP contribution < -0.4 is 16.4 Å². The summed E-state index contributed by atoms with van der Waals surface area (Å²) in [5.74, 6) is 0. The fourth-order valence-corrected chi connectivity index (χ4v) is 1.22. The van der Waals surface area contributed by atoms with E-state index >= 15 is 0 Å². The number of carbonyl (C=O) groups excluding carboxylic acids is 1. The van der Waals surface area contributed by atoms with Crippen LogP contribution in [0.1, 0.15) is 6.92 Å². The van der Waals surface area contributed by atoms with E-state index in [4.69, 9.17) is 10.8 Å². The van der Waals surface area contributed by atoms with Gasteiger partial charge in [-0.1, -0.05) is 0 Å². The minimum atomic E-state index is -0.723. The molecule has 0 aliphatic carbocycles. The SMILES string of the molecule is CC(O)C(N)CNC(=O)Nc1ccc([N+](=O)[O-])cc1. The molecule has 0 radical (unpaired) electrons. The summed E-state index contributed by atoms with van der Waals surface area (Å²) in [5.41, 5.74) is 5.91. The number of nitrogens with zero attached hydrogens (tertiary/aromatic N) is 1. The van der Waals surface area contributed by atoms with Crippen LogP contribution in [-0.2, 0) is 0 Å². The van der Waals surface area contributed by atoms with Crippen molar-refractivity contribution in [2.75, 3.05) is 11.9 Å². The van der Waals surface area contributed by atoms with Gasteiger partial charge in [0, 0.05) is 30.4 Å². The van der Waals surface area contributed by atoms with Gasteiger partial charge < -0.3 is 21.5 Å². The average molecular weight is 268 g/mol. The number of nitro benzene ring substituents is 1. The van der Waals surface area contributed by atoms with Gasteiger partial charge in [0.25, 0.3) is 5.69 Å². The number of urea groups is 1. The number of non-ortho nitro benzene ring substituents is 1. The highest BCUT2D eigenvalue weighted by Crippen LogP contribution is 2.15. The van der Waals surface area contributed by atoms with Crippen LogP contribution in [0.5, 0.6) is 0 Å². The summed E-state index contributed by atoms with van der Waals surface area (Å²) in [6.45, 7) is 1.65. The van der Waals surface area contributed by atoms with Crippen molar-refractivity contribution in [2.24, 2.45) is 5.73 Å². The van der Waals surface area contributed by atoms with E-state index in [1.807, 2.05) is 0 Å². The lowest BCUT2D eigenvalue weighted by atomic mass is 10.2. The third-order valence-corrected chi connectivity index (χ3v) is 2.45. The molecule has 2 atom stereocenters.